The third kappa shape index (κ3) is 4.39. The maximum Gasteiger partial charge on any atom is 0.222 e. The van der Waals surface area contributed by atoms with Crippen molar-refractivity contribution < 1.29 is 9.53 Å². The monoisotopic (exact) mass is 374 g/mol. The Kier molecular flexibility index (Phi) is 5.77. The van der Waals surface area contributed by atoms with E-state index in [2.05, 4.69) is 31.8 Å². The lowest BCUT2D eigenvalue weighted by atomic mass is 9.92. The van der Waals surface area contributed by atoms with Gasteiger partial charge in [0, 0.05) is 32.6 Å². The maximum atomic E-state index is 12.4. The molecule has 0 spiro atoms. The zero-order valence-electron chi connectivity index (χ0n) is 15.1. The van der Waals surface area contributed by atoms with Gasteiger partial charge in [0.05, 0.1) is 24.9 Å². The highest BCUT2D eigenvalue weighted by Gasteiger charge is 2.23. The van der Waals surface area contributed by atoms with E-state index in [1.54, 1.807) is 0 Å². The average Bonchev–Trinajstić information content (AvgIpc) is 3.15. The van der Waals surface area contributed by atoms with Gasteiger partial charge in [-0.3, -0.25) is 9.69 Å². The fraction of sp³-hybridized carbons (Fsp3) is 0.632. The molecule has 140 valence electrons. The van der Waals surface area contributed by atoms with Crippen LogP contribution in [0.15, 0.2) is 18.2 Å². The summed E-state index contributed by atoms with van der Waals surface area (Å²) in [6.45, 7) is 6.06. The Balaban J connectivity index is 1.27. The van der Waals surface area contributed by atoms with Gasteiger partial charge in [0.25, 0.3) is 0 Å². The SMILES string of the molecule is O=C(CC[C@H]1CCCN(Cc2ccc3nsnc3c2)C1)N1CCOCC1. The number of morpholine rings is 1. The number of hydrogen-bond acceptors (Lipinski definition) is 6. The Hall–Kier alpha value is -1.57. The number of aromatic nitrogens is 2. The molecule has 1 aromatic heterocycles. The van der Waals surface area contributed by atoms with E-state index in [-0.39, 0.29) is 0 Å². The molecule has 2 fully saturated rings. The Morgan fingerprint density at radius 1 is 1.19 bits per heavy atom. The van der Waals surface area contributed by atoms with Gasteiger partial charge in [0.2, 0.25) is 5.91 Å². The van der Waals surface area contributed by atoms with Crippen molar-refractivity contribution >= 4 is 28.7 Å². The molecule has 26 heavy (non-hydrogen) atoms. The lowest BCUT2D eigenvalue weighted by molar-refractivity contribution is -0.135. The van der Waals surface area contributed by atoms with Crippen molar-refractivity contribution in [3.63, 3.8) is 0 Å². The predicted octanol–water partition coefficient (Wildman–Crippen LogP) is 2.54. The van der Waals surface area contributed by atoms with Crippen LogP contribution in [0.3, 0.4) is 0 Å². The van der Waals surface area contributed by atoms with Crippen LogP contribution < -0.4 is 0 Å². The molecule has 2 aliphatic rings. The number of rotatable bonds is 5. The van der Waals surface area contributed by atoms with Crippen molar-refractivity contribution in [2.24, 2.45) is 5.92 Å². The number of ether oxygens (including phenoxy) is 1. The van der Waals surface area contributed by atoms with E-state index in [9.17, 15) is 4.79 Å². The summed E-state index contributed by atoms with van der Waals surface area (Å²) in [6, 6.07) is 6.39. The summed E-state index contributed by atoms with van der Waals surface area (Å²) in [5, 5.41) is 0. The number of carbonyl (C=O) groups excluding carboxylic acids is 1. The quantitative estimate of drug-likeness (QED) is 0.805. The van der Waals surface area contributed by atoms with Crippen LogP contribution in [0.25, 0.3) is 11.0 Å². The number of amides is 1. The molecule has 0 N–H and O–H groups in total. The molecule has 0 bridgehead atoms. The number of benzene rings is 1. The summed E-state index contributed by atoms with van der Waals surface area (Å²) < 4.78 is 13.9. The summed E-state index contributed by atoms with van der Waals surface area (Å²) in [6.07, 6.45) is 4.13. The zero-order chi connectivity index (χ0) is 17.8. The lowest BCUT2D eigenvalue weighted by Gasteiger charge is -2.33. The van der Waals surface area contributed by atoms with E-state index in [1.807, 2.05) is 4.90 Å². The van der Waals surface area contributed by atoms with Gasteiger partial charge in [0.1, 0.15) is 11.0 Å². The molecular formula is C19H26N4O2S. The highest BCUT2D eigenvalue weighted by Crippen LogP contribution is 2.24. The van der Waals surface area contributed by atoms with Crippen molar-refractivity contribution in [2.75, 3.05) is 39.4 Å². The Bertz CT molecular complexity index is 744. The lowest BCUT2D eigenvalue weighted by Crippen LogP contribution is -2.41. The highest BCUT2D eigenvalue weighted by molar-refractivity contribution is 7.00. The molecule has 1 amide bonds. The molecule has 0 saturated carbocycles. The molecule has 2 saturated heterocycles. The third-order valence-corrected chi connectivity index (χ3v) is 6.01. The van der Waals surface area contributed by atoms with Crippen molar-refractivity contribution in [3.8, 4) is 0 Å². The number of piperidine rings is 1. The van der Waals surface area contributed by atoms with Crippen molar-refractivity contribution in [3.05, 3.63) is 23.8 Å². The minimum atomic E-state index is 0.298. The summed E-state index contributed by atoms with van der Waals surface area (Å²) in [7, 11) is 0. The number of likely N-dealkylation sites (tertiary alicyclic amines) is 1. The first-order valence-electron chi connectivity index (χ1n) is 9.57. The Morgan fingerprint density at radius 3 is 2.92 bits per heavy atom. The minimum absolute atomic E-state index is 0.298. The van der Waals surface area contributed by atoms with Crippen LogP contribution in [0.2, 0.25) is 0 Å². The van der Waals surface area contributed by atoms with Gasteiger partial charge in [-0.25, -0.2) is 0 Å². The van der Waals surface area contributed by atoms with Gasteiger partial charge < -0.3 is 9.64 Å². The first-order chi connectivity index (χ1) is 12.8. The largest absolute Gasteiger partial charge is 0.378 e. The second kappa shape index (κ2) is 8.41. The van der Waals surface area contributed by atoms with Crippen LogP contribution in [0.5, 0.6) is 0 Å². The molecule has 1 atom stereocenters. The van der Waals surface area contributed by atoms with Crippen LogP contribution in [-0.2, 0) is 16.1 Å². The summed E-state index contributed by atoms with van der Waals surface area (Å²) in [5.41, 5.74) is 3.28. The van der Waals surface area contributed by atoms with Gasteiger partial charge in [0.15, 0.2) is 0 Å². The smallest absolute Gasteiger partial charge is 0.222 e. The van der Waals surface area contributed by atoms with E-state index >= 15 is 0 Å². The molecule has 2 aliphatic heterocycles. The van der Waals surface area contributed by atoms with E-state index in [0.717, 1.165) is 50.2 Å². The number of hydrogen-bond donors (Lipinski definition) is 0. The molecule has 7 heteroatoms. The number of carbonyl (C=O) groups is 1. The number of nitrogens with zero attached hydrogens (tertiary/aromatic N) is 4. The topological polar surface area (TPSA) is 58.6 Å². The van der Waals surface area contributed by atoms with E-state index in [4.69, 9.17) is 4.74 Å². The molecular weight excluding hydrogens is 348 g/mol. The first-order valence-corrected chi connectivity index (χ1v) is 10.3. The molecule has 4 rings (SSSR count). The van der Waals surface area contributed by atoms with E-state index in [0.29, 0.717) is 31.5 Å². The molecule has 2 aromatic rings. The second-order valence-corrected chi connectivity index (χ2v) is 7.89. The van der Waals surface area contributed by atoms with Crippen LogP contribution >= 0.6 is 11.7 Å². The van der Waals surface area contributed by atoms with Crippen molar-refractivity contribution in [1.29, 1.82) is 0 Å². The van der Waals surface area contributed by atoms with Crippen LogP contribution in [0.1, 0.15) is 31.2 Å². The number of fused-ring (bicyclic) bond motifs is 1. The Morgan fingerprint density at radius 2 is 2.04 bits per heavy atom. The van der Waals surface area contributed by atoms with Crippen molar-refractivity contribution in [2.45, 2.75) is 32.2 Å². The molecule has 0 aliphatic carbocycles. The summed E-state index contributed by atoms with van der Waals surface area (Å²) >= 11 is 1.27. The standard InChI is InChI=1S/C19H26N4O2S/c24-19(23-8-10-25-11-9-23)6-4-15-2-1-7-22(13-15)14-16-3-5-17-18(12-16)21-26-20-17/h3,5,12,15H,1-2,4,6-11,13-14H2/t15-/m1/s1. The minimum Gasteiger partial charge on any atom is -0.378 e. The fourth-order valence-electron chi connectivity index (χ4n) is 4.01. The predicted molar refractivity (Wildman–Crippen MR) is 102 cm³/mol. The molecule has 6 nitrogen and oxygen atoms in total. The molecule has 0 radical (unpaired) electrons. The summed E-state index contributed by atoms with van der Waals surface area (Å²) in [4.78, 5) is 16.8. The maximum absolute atomic E-state index is 12.4. The normalized spacial score (nSPS) is 22.0. The first kappa shape index (κ1) is 17.8. The van der Waals surface area contributed by atoms with Crippen molar-refractivity contribution in [1.82, 2.24) is 18.5 Å². The van der Waals surface area contributed by atoms with Crippen LogP contribution in [0.4, 0.5) is 0 Å². The van der Waals surface area contributed by atoms with Gasteiger partial charge in [-0.2, -0.15) is 8.75 Å². The van der Waals surface area contributed by atoms with Gasteiger partial charge in [-0.1, -0.05) is 6.07 Å². The molecule has 1 aromatic carbocycles. The van der Waals surface area contributed by atoms with Gasteiger partial charge >= 0.3 is 0 Å². The van der Waals surface area contributed by atoms with Gasteiger partial charge in [-0.05, 0) is 49.4 Å². The highest BCUT2D eigenvalue weighted by atomic mass is 32.1. The average molecular weight is 375 g/mol. The summed E-state index contributed by atoms with van der Waals surface area (Å²) in [5.74, 6) is 0.922. The molecule has 3 heterocycles. The fourth-order valence-corrected chi connectivity index (χ4v) is 4.53. The van der Waals surface area contributed by atoms with E-state index in [1.165, 1.54) is 30.1 Å². The third-order valence-electron chi connectivity index (χ3n) is 5.46. The van der Waals surface area contributed by atoms with Gasteiger partial charge in [-0.15, -0.1) is 0 Å². The second-order valence-electron chi connectivity index (χ2n) is 7.36. The van der Waals surface area contributed by atoms with E-state index < -0.39 is 0 Å². The Labute approximate surface area is 158 Å². The molecule has 0 unspecified atom stereocenters. The zero-order valence-corrected chi connectivity index (χ0v) is 15.9. The van der Waals surface area contributed by atoms with Crippen LogP contribution in [-0.4, -0.2) is 63.8 Å². The van der Waals surface area contributed by atoms with Crippen LogP contribution in [0, 0.1) is 5.92 Å².